The molecule has 1 saturated heterocycles. The molecule has 2 amide bonds. The largest absolute Gasteiger partial charge is 0.367 e. The van der Waals surface area contributed by atoms with Gasteiger partial charge in [-0.25, -0.2) is 0 Å². The van der Waals surface area contributed by atoms with Crippen molar-refractivity contribution in [3.05, 3.63) is 53.9 Å². The van der Waals surface area contributed by atoms with Gasteiger partial charge in [-0.1, -0.05) is 0 Å². The molecule has 0 unspecified atom stereocenters. The maximum atomic E-state index is 12.5. The number of hydrogen-bond acceptors (Lipinski definition) is 5. The highest BCUT2D eigenvalue weighted by molar-refractivity contribution is 6.05. The minimum atomic E-state index is -0.262. The number of benzene rings is 1. The van der Waals surface area contributed by atoms with Crippen molar-refractivity contribution < 1.29 is 14.4 Å². The number of ketones is 1. The number of amides is 2. The summed E-state index contributed by atoms with van der Waals surface area (Å²) in [5.74, 6) is -0.200. The number of pyridine rings is 1. The number of nitrogens with one attached hydrogen (secondary N) is 1. The number of Topliss-reactive ketones (excluding diaryl/α,β-unsaturated/α-hetero) is 1. The van der Waals surface area contributed by atoms with Gasteiger partial charge in [-0.15, -0.1) is 0 Å². The molecule has 1 fully saturated rings. The van der Waals surface area contributed by atoms with Gasteiger partial charge >= 0.3 is 0 Å². The molecule has 1 aromatic heterocycles. The molecule has 27 heavy (non-hydrogen) atoms. The molecule has 2 heterocycles. The van der Waals surface area contributed by atoms with Gasteiger partial charge in [0.05, 0.1) is 17.4 Å². The summed E-state index contributed by atoms with van der Waals surface area (Å²) in [6, 6.07) is 8.57. The molecule has 2 aromatic rings. The van der Waals surface area contributed by atoms with Crippen LogP contribution in [0.5, 0.6) is 0 Å². The van der Waals surface area contributed by atoms with Gasteiger partial charge in [0.1, 0.15) is 0 Å². The molecule has 1 aliphatic rings. The number of rotatable bonds is 4. The summed E-state index contributed by atoms with van der Waals surface area (Å²) in [6.45, 7) is 5.81. The lowest BCUT2D eigenvalue weighted by molar-refractivity contribution is -0.129. The van der Waals surface area contributed by atoms with Crippen LogP contribution >= 0.6 is 0 Å². The number of piperazine rings is 1. The van der Waals surface area contributed by atoms with E-state index in [2.05, 4.69) is 15.2 Å². The molecule has 0 bridgehead atoms. The van der Waals surface area contributed by atoms with Crippen LogP contribution in [0.4, 0.5) is 11.4 Å². The van der Waals surface area contributed by atoms with Crippen LogP contribution in [0.1, 0.15) is 34.6 Å². The lowest BCUT2D eigenvalue weighted by Gasteiger charge is -2.35. The first kappa shape index (κ1) is 18.6. The quantitative estimate of drug-likeness (QED) is 0.839. The Labute approximate surface area is 158 Å². The van der Waals surface area contributed by atoms with E-state index in [-0.39, 0.29) is 17.6 Å². The van der Waals surface area contributed by atoms with E-state index in [9.17, 15) is 14.4 Å². The summed E-state index contributed by atoms with van der Waals surface area (Å²) in [5.41, 5.74) is 2.53. The minimum absolute atomic E-state index is 0.0188. The van der Waals surface area contributed by atoms with Gasteiger partial charge in [0.2, 0.25) is 5.91 Å². The second kappa shape index (κ2) is 7.99. The fraction of sp³-hybridized carbons (Fsp3) is 0.300. The molecule has 140 valence electrons. The molecule has 7 nitrogen and oxygen atoms in total. The van der Waals surface area contributed by atoms with Gasteiger partial charge in [-0.3, -0.25) is 19.4 Å². The van der Waals surface area contributed by atoms with E-state index in [0.717, 1.165) is 5.69 Å². The van der Waals surface area contributed by atoms with Gasteiger partial charge in [0.25, 0.3) is 5.91 Å². The van der Waals surface area contributed by atoms with Gasteiger partial charge in [0, 0.05) is 50.6 Å². The molecule has 0 saturated carbocycles. The summed E-state index contributed by atoms with van der Waals surface area (Å²) in [7, 11) is 0. The van der Waals surface area contributed by atoms with Crippen molar-refractivity contribution in [1.29, 1.82) is 0 Å². The summed E-state index contributed by atoms with van der Waals surface area (Å²) in [4.78, 5) is 43.4. The number of nitrogens with zero attached hydrogens (tertiary/aromatic N) is 3. The lowest BCUT2D eigenvalue weighted by Crippen LogP contribution is -2.48. The standard InChI is InChI=1S/C20H22N4O3/c1-14(25)16-3-5-18(6-4-16)22-20(27)17-11-19(13-21-12-17)24-9-7-23(8-10-24)15(2)26/h3-6,11-13H,7-10H2,1-2H3,(H,22,27). The molecule has 0 aliphatic carbocycles. The van der Waals surface area contributed by atoms with Gasteiger partial charge in [-0.2, -0.15) is 0 Å². The normalized spacial score (nSPS) is 14.0. The van der Waals surface area contributed by atoms with Crippen molar-refractivity contribution in [1.82, 2.24) is 9.88 Å². The highest BCUT2D eigenvalue weighted by Gasteiger charge is 2.19. The van der Waals surface area contributed by atoms with Crippen molar-refractivity contribution in [3.63, 3.8) is 0 Å². The molecular formula is C20H22N4O3. The molecule has 1 aliphatic heterocycles. The van der Waals surface area contributed by atoms with E-state index in [0.29, 0.717) is 43.0 Å². The van der Waals surface area contributed by atoms with Crippen molar-refractivity contribution in [2.45, 2.75) is 13.8 Å². The van der Waals surface area contributed by atoms with Crippen LogP contribution in [0.15, 0.2) is 42.7 Å². The molecule has 0 spiro atoms. The lowest BCUT2D eigenvalue weighted by atomic mass is 10.1. The van der Waals surface area contributed by atoms with Crippen LogP contribution in [-0.2, 0) is 4.79 Å². The van der Waals surface area contributed by atoms with E-state index in [4.69, 9.17) is 0 Å². The maximum Gasteiger partial charge on any atom is 0.257 e. The fourth-order valence-electron chi connectivity index (χ4n) is 3.00. The first-order valence-electron chi connectivity index (χ1n) is 8.82. The highest BCUT2D eigenvalue weighted by atomic mass is 16.2. The second-order valence-electron chi connectivity index (χ2n) is 6.51. The Kier molecular flexibility index (Phi) is 5.49. The average molecular weight is 366 g/mol. The zero-order valence-electron chi connectivity index (χ0n) is 15.4. The Morgan fingerprint density at radius 3 is 2.19 bits per heavy atom. The van der Waals surface area contributed by atoms with Crippen molar-refractivity contribution in [2.75, 3.05) is 36.4 Å². The SMILES string of the molecule is CC(=O)c1ccc(NC(=O)c2cncc(N3CCN(C(C)=O)CC3)c2)cc1. The number of aromatic nitrogens is 1. The van der Waals surface area contributed by atoms with Crippen LogP contribution in [0, 0.1) is 0 Å². The molecule has 3 rings (SSSR count). The highest BCUT2D eigenvalue weighted by Crippen LogP contribution is 2.18. The Hall–Kier alpha value is -3.22. The zero-order chi connectivity index (χ0) is 19.4. The number of anilines is 2. The van der Waals surface area contributed by atoms with Gasteiger partial charge in [-0.05, 0) is 37.3 Å². The van der Waals surface area contributed by atoms with Gasteiger partial charge in [0.15, 0.2) is 5.78 Å². The number of carbonyl (C=O) groups is 3. The third-order valence-corrected chi connectivity index (χ3v) is 4.63. The van der Waals surface area contributed by atoms with E-state index in [1.165, 1.54) is 13.1 Å². The molecular weight excluding hydrogens is 344 g/mol. The van der Waals surface area contributed by atoms with Crippen LogP contribution in [-0.4, -0.2) is 53.7 Å². The topological polar surface area (TPSA) is 82.6 Å². The van der Waals surface area contributed by atoms with Crippen LogP contribution in [0.25, 0.3) is 0 Å². The first-order chi connectivity index (χ1) is 12.9. The predicted octanol–water partition coefficient (Wildman–Crippen LogP) is 2.21. The Morgan fingerprint density at radius 1 is 0.926 bits per heavy atom. The Morgan fingerprint density at radius 2 is 1.59 bits per heavy atom. The van der Waals surface area contributed by atoms with Crippen molar-refractivity contribution in [3.8, 4) is 0 Å². The van der Waals surface area contributed by atoms with E-state index in [1.807, 2.05) is 4.90 Å². The number of hydrogen-bond donors (Lipinski definition) is 1. The predicted molar refractivity (Wildman–Crippen MR) is 103 cm³/mol. The van der Waals surface area contributed by atoms with Crippen LogP contribution in [0.2, 0.25) is 0 Å². The second-order valence-corrected chi connectivity index (χ2v) is 6.51. The Bertz CT molecular complexity index is 856. The summed E-state index contributed by atoms with van der Waals surface area (Å²) in [6.07, 6.45) is 3.25. The monoisotopic (exact) mass is 366 g/mol. The molecule has 0 radical (unpaired) electrons. The van der Waals surface area contributed by atoms with E-state index < -0.39 is 0 Å². The van der Waals surface area contributed by atoms with Gasteiger partial charge < -0.3 is 15.1 Å². The zero-order valence-corrected chi connectivity index (χ0v) is 15.4. The van der Waals surface area contributed by atoms with E-state index >= 15 is 0 Å². The fourth-order valence-corrected chi connectivity index (χ4v) is 3.00. The van der Waals surface area contributed by atoms with Crippen LogP contribution in [0.3, 0.4) is 0 Å². The smallest absolute Gasteiger partial charge is 0.257 e. The third-order valence-electron chi connectivity index (χ3n) is 4.63. The van der Waals surface area contributed by atoms with E-state index in [1.54, 1.807) is 43.5 Å². The maximum absolute atomic E-state index is 12.5. The molecule has 0 atom stereocenters. The Balaban J connectivity index is 1.67. The van der Waals surface area contributed by atoms with Crippen LogP contribution < -0.4 is 10.2 Å². The summed E-state index contributed by atoms with van der Waals surface area (Å²) in [5, 5.41) is 2.81. The molecule has 1 N–H and O–H groups in total. The first-order valence-corrected chi connectivity index (χ1v) is 8.82. The molecule has 7 heteroatoms. The summed E-state index contributed by atoms with van der Waals surface area (Å²) < 4.78 is 0. The third kappa shape index (κ3) is 4.49. The van der Waals surface area contributed by atoms with Crippen molar-refractivity contribution in [2.24, 2.45) is 0 Å². The number of carbonyl (C=O) groups excluding carboxylic acids is 3. The molecule has 1 aromatic carbocycles. The van der Waals surface area contributed by atoms with Crippen molar-refractivity contribution >= 4 is 29.0 Å². The average Bonchev–Trinajstić information content (AvgIpc) is 2.68. The summed E-state index contributed by atoms with van der Waals surface area (Å²) >= 11 is 0. The minimum Gasteiger partial charge on any atom is -0.367 e.